The Morgan fingerprint density at radius 1 is 0.844 bits per heavy atom. The number of benzene rings is 2. The molecule has 0 N–H and O–H groups in total. The molecule has 0 atom stereocenters. The first-order chi connectivity index (χ1) is 15.3. The molecule has 0 radical (unpaired) electrons. The topological polar surface area (TPSA) is 36.5 Å². The van der Waals surface area contributed by atoms with Crippen molar-refractivity contribution in [3.63, 3.8) is 0 Å². The number of nitrogens with zero attached hydrogens (tertiary/aromatic N) is 2. The molecule has 4 aromatic rings. The molecule has 168 valence electrons. The van der Waals surface area contributed by atoms with Gasteiger partial charge in [-0.2, -0.15) is 0 Å². The number of halogens is 1. The fourth-order valence-electron chi connectivity index (χ4n) is 3.78. The molecule has 0 aliphatic rings. The highest BCUT2D eigenvalue weighted by atomic mass is 35.5. The van der Waals surface area contributed by atoms with E-state index in [4.69, 9.17) is 14.3 Å². The molecule has 0 saturated heterocycles. The van der Waals surface area contributed by atoms with Crippen LogP contribution in [-0.2, 0) is 16.0 Å². The van der Waals surface area contributed by atoms with E-state index in [1.165, 1.54) is 27.4 Å². The Bertz CT molecular complexity index is 1170. The summed E-state index contributed by atoms with van der Waals surface area (Å²) in [6, 6.07) is 19.3. The van der Waals surface area contributed by atoms with Crippen LogP contribution in [0.3, 0.4) is 0 Å². The van der Waals surface area contributed by atoms with Gasteiger partial charge in [-0.25, -0.2) is 0 Å². The van der Waals surface area contributed by atoms with Gasteiger partial charge in [-0.3, -0.25) is 4.84 Å². The zero-order chi connectivity index (χ0) is 21.5. The van der Waals surface area contributed by atoms with Gasteiger partial charge in [-0.1, -0.05) is 36.4 Å². The number of pyridine rings is 1. The van der Waals surface area contributed by atoms with Crippen molar-refractivity contribution >= 4 is 34.0 Å². The van der Waals surface area contributed by atoms with Gasteiger partial charge in [0.2, 0.25) is 12.4 Å². The number of aromatic nitrogens is 2. The van der Waals surface area contributed by atoms with E-state index < -0.39 is 0 Å². The molecule has 2 aromatic heterocycles. The van der Waals surface area contributed by atoms with Gasteiger partial charge in [0.1, 0.15) is 0 Å². The highest BCUT2D eigenvalue weighted by Gasteiger charge is 2.10. The average Bonchev–Trinajstić information content (AvgIpc) is 3.12. The lowest BCUT2D eigenvalue weighted by Crippen LogP contribution is -3.00. The molecular formula is C26H29ClN2O3. The molecule has 0 amide bonds. The summed E-state index contributed by atoms with van der Waals surface area (Å²) in [6.07, 6.45) is 8.13. The van der Waals surface area contributed by atoms with Gasteiger partial charge >= 0.3 is 0 Å². The van der Waals surface area contributed by atoms with Crippen LogP contribution < -0.4 is 22.0 Å². The van der Waals surface area contributed by atoms with Crippen LogP contribution in [-0.4, -0.2) is 38.1 Å². The monoisotopic (exact) mass is 452 g/mol. The Morgan fingerprint density at radius 2 is 1.59 bits per heavy atom. The zero-order valence-electron chi connectivity index (χ0n) is 18.5. The lowest BCUT2D eigenvalue weighted by molar-refractivity contribution is -0.890. The summed E-state index contributed by atoms with van der Waals surface area (Å²) in [4.78, 5) is 5.44. The van der Waals surface area contributed by atoms with Crippen molar-refractivity contribution in [3.05, 3.63) is 78.1 Å². The summed E-state index contributed by atoms with van der Waals surface area (Å²) >= 11 is 0. The molecule has 0 aliphatic heterocycles. The minimum absolute atomic E-state index is 0. The Kier molecular flexibility index (Phi) is 8.68. The van der Waals surface area contributed by atoms with Crippen molar-refractivity contribution in [3.8, 4) is 0 Å². The Labute approximate surface area is 195 Å². The second kappa shape index (κ2) is 11.7. The van der Waals surface area contributed by atoms with Crippen LogP contribution >= 0.6 is 0 Å². The van der Waals surface area contributed by atoms with Gasteiger partial charge in [0.05, 0.1) is 19.8 Å². The molecule has 5 nitrogen and oxygen atoms in total. The predicted molar refractivity (Wildman–Crippen MR) is 125 cm³/mol. The summed E-state index contributed by atoms with van der Waals surface area (Å²) in [5.74, 6) is 0. The highest BCUT2D eigenvalue weighted by molar-refractivity contribution is 6.08. The molecule has 4 rings (SSSR count). The third kappa shape index (κ3) is 5.49. The lowest BCUT2D eigenvalue weighted by Gasteiger charge is -2.08. The van der Waals surface area contributed by atoms with E-state index in [1.807, 2.05) is 31.5 Å². The van der Waals surface area contributed by atoms with E-state index in [1.54, 1.807) is 11.8 Å². The van der Waals surface area contributed by atoms with Gasteiger partial charge in [0.25, 0.3) is 0 Å². The average molecular weight is 453 g/mol. The van der Waals surface area contributed by atoms with Gasteiger partial charge in [0, 0.05) is 52.3 Å². The van der Waals surface area contributed by atoms with Crippen molar-refractivity contribution in [2.24, 2.45) is 0 Å². The van der Waals surface area contributed by atoms with Crippen LogP contribution in [0.1, 0.15) is 18.1 Å². The number of rotatable bonds is 10. The largest absolute Gasteiger partial charge is 1.00 e. The molecule has 0 fully saturated rings. The standard InChI is InChI=1S/C26H29N2O3.ClH/c1-3-31-27-14-12-21(13-15-27)8-9-22-10-11-26-24(20-22)23-6-4-5-7-25(23)28(26)16-17-30-19-18-29-2;/h4-15,20H,3,16-19H2,1-2H3;1H/q+1;/p-1. The number of hydrogen-bond donors (Lipinski definition) is 0. The van der Waals surface area contributed by atoms with E-state index >= 15 is 0 Å². The van der Waals surface area contributed by atoms with Crippen molar-refractivity contribution in [2.45, 2.75) is 13.5 Å². The SMILES string of the molecule is CCO[n+]1ccc(C=Cc2ccc3c(c2)c2ccccc2n3CCOCCOC)cc1.[Cl-]. The number of hydrogen-bond acceptors (Lipinski definition) is 3. The van der Waals surface area contributed by atoms with Crippen LogP contribution in [0.15, 0.2) is 67.0 Å². The van der Waals surface area contributed by atoms with E-state index in [-0.39, 0.29) is 12.4 Å². The minimum atomic E-state index is 0. The first-order valence-corrected chi connectivity index (χ1v) is 10.7. The van der Waals surface area contributed by atoms with E-state index in [0.29, 0.717) is 26.4 Å². The van der Waals surface area contributed by atoms with Crippen LogP contribution in [0.4, 0.5) is 0 Å². The van der Waals surface area contributed by atoms with Gasteiger partial charge in [-0.05, 0) is 36.2 Å². The summed E-state index contributed by atoms with van der Waals surface area (Å²) in [5, 5.41) is 2.53. The maximum Gasteiger partial charge on any atom is 0.223 e. The molecule has 0 aliphatic carbocycles. The van der Waals surface area contributed by atoms with Crippen molar-refractivity contribution in [1.29, 1.82) is 0 Å². The first kappa shape index (κ1) is 23.8. The Hall–Kier alpha value is -2.86. The first-order valence-electron chi connectivity index (χ1n) is 10.7. The number of para-hydroxylation sites is 1. The number of fused-ring (bicyclic) bond motifs is 3. The van der Waals surface area contributed by atoms with E-state index in [0.717, 1.165) is 12.1 Å². The molecule has 0 bridgehead atoms. The van der Waals surface area contributed by atoms with Crippen LogP contribution in [0.5, 0.6) is 0 Å². The smallest absolute Gasteiger partial charge is 0.223 e. The molecule has 2 aromatic carbocycles. The fraction of sp³-hybridized carbons (Fsp3) is 0.269. The maximum absolute atomic E-state index is 5.71. The van der Waals surface area contributed by atoms with Crippen molar-refractivity contribution in [1.82, 2.24) is 4.57 Å². The maximum atomic E-state index is 5.71. The third-order valence-electron chi connectivity index (χ3n) is 5.26. The quantitative estimate of drug-likeness (QED) is 0.269. The molecule has 32 heavy (non-hydrogen) atoms. The molecule has 0 unspecified atom stereocenters. The van der Waals surface area contributed by atoms with Gasteiger partial charge < -0.3 is 26.4 Å². The van der Waals surface area contributed by atoms with Crippen LogP contribution in [0.2, 0.25) is 0 Å². The van der Waals surface area contributed by atoms with Crippen molar-refractivity contribution < 1.29 is 31.4 Å². The third-order valence-corrected chi connectivity index (χ3v) is 5.26. The number of ether oxygens (including phenoxy) is 2. The zero-order valence-corrected chi connectivity index (χ0v) is 19.3. The summed E-state index contributed by atoms with van der Waals surface area (Å²) in [7, 11) is 1.69. The van der Waals surface area contributed by atoms with E-state index in [9.17, 15) is 0 Å². The molecule has 0 saturated carbocycles. The normalized spacial score (nSPS) is 11.3. The second-order valence-corrected chi connectivity index (χ2v) is 7.29. The lowest BCUT2D eigenvalue weighted by atomic mass is 10.1. The Morgan fingerprint density at radius 3 is 2.38 bits per heavy atom. The summed E-state index contributed by atoms with van der Waals surface area (Å²) < 4.78 is 14.8. The predicted octanol–water partition coefficient (Wildman–Crippen LogP) is 1.37. The molecular weight excluding hydrogens is 424 g/mol. The summed E-state index contributed by atoms with van der Waals surface area (Å²) in [5.41, 5.74) is 4.77. The van der Waals surface area contributed by atoms with Crippen LogP contribution in [0, 0.1) is 0 Å². The fourth-order valence-corrected chi connectivity index (χ4v) is 3.78. The summed E-state index contributed by atoms with van der Waals surface area (Å²) in [6.45, 7) is 5.33. The Balaban J connectivity index is 0.00000289. The number of methoxy groups -OCH3 is 1. The van der Waals surface area contributed by atoms with E-state index in [2.05, 4.69) is 59.2 Å². The molecule has 2 heterocycles. The highest BCUT2D eigenvalue weighted by Crippen LogP contribution is 2.30. The second-order valence-electron chi connectivity index (χ2n) is 7.29. The molecule has 6 heteroatoms. The molecule has 0 spiro atoms. The van der Waals surface area contributed by atoms with Gasteiger partial charge in [0.15, 0.2) is 6.61 Å². The minimum Gasteiger partial charge on any atom is -1.00 e. The van der Waals surface area contributed by atoms with Gasteiger partial charge in [-0.15, -0.1) is 0 Å². The van der Waals surface area contributed by atoms with Crippen LogP contribution in [0.25, 0.3) is 34.0 Å². The van der Waals surface area contributed by atoms with Crippen molar-refractivity contribution in [2.75, 3.05) is 33.5 Å².